The number of aliphatic hydroxyl groups excluding tert-OH is 1. The van der Waals surface area contributed by atoms with Gasteiger partial charge in [0.1, 0.15) is 5.60 Å². The van der Waals surface area contributed by atoms with Crippen molar-refractivity contribution < 1.29 is 14.6 Å². The van der Waals surface area contributed by atoms with E-state index in [4.69, 9.17) is 4.74 Å². The Labute approximate surface area is 172 Å². The van der Waals surface area contributed by atoms with E-state index < -0.39 is 23.0 Å². The van der Waals surface area contributed by atoms with Crippen LogP contribution in [-0.4, -0.2) is 28.8 Å². The van der Waals surface area contributed by atoms with Gasteiger partial charge in [-0.05, 0) is 38.8 Å². The van der Waals surface area contributed by atoms with Gasteiger partial charge in [0.05, 0.1) is 6.07 Å². The molecule has 3 rings (SSSR count). The molecule has 0 amide bonds. The first-order chi connectivity index (χ1) is 13.7. The van der Waals surface area contributed by atoms with E-state index in [1.807, 2.05) is 61.5 Å². The molecule has 0 spiro atoms. The number of hydrogen-bond acceptors (Lipinski definition) is 5. The molecule has 0 aliphatic carbocycles. The lowest BCUT2D eigenvalue weighted by Gasteiger charge is -2.32. The van der Waals surface area contributed by atoms with E-state index in [9.17, 15) is 15.2 Å². The first-order valence-electron chi connectivity index (χ1n) is 9.86. The van der Waals surface area contributed by atoms with Crippen molar-refractivity contribution >= 4 is 5.97 Å². The molecule has 5 nitrogen and oxygen atoms in total. The third kappa shape index (κ3) is 4.05. The molecule has 4 atom stereocenters. The van der Waals surface area contributed by atoms with Gasteiger partial charge in [0.25, 0.3) is 0 Å². The molecule has 0 radical (unpaired) electrons. The number of aliphatic hydroxyl groups is 1. The maximum atomic E-state index is 13.3. The van der Waals surface area contributed by atoms with Gasteiger partial charge >= 0.3 is 5.97 Å². The van der Waals surface area contributed by atoms with Gasteiger partial charge in [0.2, 0.25) is 5.54 Å². The normalized spacial score (nSPS) is 26.7. The molecule has 29 heavy (non-hydrogen) atoms. The number of aryl methyl sites for hydroxylation is 1. The molecule has 1 saturated heterocycles. The quantitative estimate of drug-likeness (QED) is 0.777. The van der Waals surface area contributed by atoms with E-state index in [0.29, 0.717) is 0 Å². The monoisotopic (exact) mass is 392 g/mol. The van der Waals surface area contributed by atoms with E-state index in [1.54, 1.807) is 20.8 Å². The summed E-state index contributed by atoms with van der Waals surface area (Å²) in [5.41, 5.74) is 0.529. The highest BCUT2D eigenvalue weighted by Crippen LogP contribution is 2.49. The first kappa shape index (κ1) is 21.0. The van der Waals surface area contributed by atoms with Crippen LogP contribution in [0.4, 0.5) is 0 Å². The largest absolute Gasteiger partial charge is 0.458 e. The van der Waals surface area contributed by atoms with Crippen LogP contribution in [0.1, 0.15) is 49.4 Å². The number of benzene rings is 2. The smallest absolute Gasteiger partial charge is 0.342 e. The molecular formula is C24H28N2O3. The minimum Gasteiger partial charge on any atom is -0.458 e. The van der Waals surface area contributed by atoms with Gasteiger partial charge in [-0.2, -0.15) is 5.26 Å². The Bertz CT molecular complexity index is 896. The number of nitrogens with one attached hydrogen (secondary N) is 1. The van der Waals surface area contributed by atoms with Gasteiger partial charge in [-0.3, -0.25) is 5.32 Å². The van der Waals surface area contributed by atoms with Crippen molar-refractivity contribution in [3.8, 4) is 6.07 Å². The van der Waals surface area contributed by atoms with Crippen LogP contribution in [0.15, 0.2) is 54.6 Å². The Morgan fingerprint density at radius 1 is 1.14 bits per heavy atom. The molecule has 1 fully saturated rings. The molecule has 0 unspecified atom stereocenters. The second-order valence-electron chi connectivity index (χ2n) is 8.69. The minimum absolute atomic E-state index is 0.169. The van der Waals surface area contributed by atoms with Gasteiger partial charge in [-0.1, -0.05) is 60.2 Å². The fourth-order valence-corrected chi connectivity index (χ4v) is 4.12. The molecule has 152 valence electrons. The lowest BCUT2D eigenvalue weighted by Crippen LogP contribution is -2.53. The SMILES string of the molecule is Cc1ccc([C@H]2N[C@@](C#N)(C(=O)OC(C)(C)C)[C@H](c3ccccc3)[C@H]2CO)cc1. The van der Waals surface area contributed by atoms with Crippen LogP contribution in [0.5, 0.6) is 0 Å². The van der Waals surface area contributed by atoms with Gasteiger partial charge < -0.3 is 9.84 Å². The first-order valence-corrected chi connectivity index (χ1v) is 9.86. The molecule has 0 aromatic heterocycles. The zero-order valence-electron chi connectivity index (χ0n) is 17.3. The Hall–Kier alpha value is -2.68. The van der Waals surface area contributed by atoms with Gasteiger partial charge in [0, 0.05) is 24.5 Å². The van der Waals surface area contributed by atoms with E-state index in [1.165, 1.54) is 0 Å². The predicted octanol–water partition coefficient (Wildman–Crippen LogP) is 3.64. The fourth-order valence-electron chi connectivity index (χ4n) is 4.12. The summed E-state index contributed by atoms with van der Waals surface area (Å²) < 4.78 is 5.66. The van der Waals surface area contributed by atoms with Crippen molar-refractivity contribution in [1.82, 2.24) is 5.32 Å². The molecule has 2 aromatic carbocycles. The van der Waals surface area contributed by atoms with E-state index >= 15 is 0 Å². The second-order valence-corrected chi connectivity index (χ2v) is 8.69. The van der Waals surface area contributed by atoms with Crippen LogP contribution in [-0.2, 0) is 9.53 Å². The minimum atomic E-state index is -1.60. The summed E-state index contributed by atoms with van der Waals surface area (Å²) in [4.78, 5) is 13.3. The van der Waals surface area contributed by atoms with Crippen molar-refractivity contribution in [1.29, 1.82) is 5.26 Å². The Morgan fingerprint density at radius 2 is 1.76 bits per heavy atom. The highest BCUT2D eigenvalue weighted by molar-refractivity contribution is 5.87. The van der Waals surface area contributed by atoms with E-state index in [-0.39, 0.29) is 18.6 Å². The molecule has 2 N–H and O–H groups in total. The average Bonchev–Trinajstić information content (AvgIpc) is 3.03. The molecule has 0 saturated carbocycles. The fraction of sp³-hybridized carbons (Fsp3) is 0.417. The number of ether oxygens (including phenoxy) is 1. The maximum absolute atomic E-state index is 13.3. The zero-order valence-corrected chi connectivity index (χ0v) is 17.3. The topological polar surface area (TPSA) is 82.4 Å². The molecule has 1 heterocycles. The van der Waals surface area contributed by atoms with Crippen LogP contribution < -0.4 is 5.32 Å². The van der Waals surface area contributed by atoms with E-state index in [2.05, 4.69) is 11.4 Å². The molecule has 1 aliphatic rings. The standard InChI is InChI=1S/C24H28N2O3/c1-16-10-12-18(13-11-16)21-19(14-27)20(17-8-6-5-7-9-17)24(15-25,26-21)22(28)29-23(2,3)4/h5-13,19-21,26-27H,14H2,1-4H3/t19-,20-,21-,24-/m1/s1. The van der Waals surface area contributed by atoms with Gasteiger partial charge in [-0.15, -0.1) is 0 Å². The summed E-state index contributed by atoms with van der Waals surface area (Å²) in [6.45, 7) is 7.18. The van der Waals surface area contributed by atoms with Crippen molar-refractivity contribution in [2.45, 2.75) is 50.8 Å². The van der Waals surface area contributed by atoms with Crippen LogP contribution in [0, 0.1) is 24.2 Å². The highest BCUT2D eigenvalue weighted by atomic mass is 16.6. The molecule has 1 aliphatic heterocycles. The highest BCUT2D eigenvalue weighted by Gasteiger charge is 2.60. The number of nitrogens with zero attached hydrogens (tertiary/aromatic N) is 1. The Kier molecular flexibility index (Phi) is 5.79. The Balaban J connectivity index is 2.14. The third-order valence-electron chi connectivity index (χ3n) is 5.41. The lowest BCUT2D eigenvalue weighted by molar-refractivity contribution is -0.160. The van der Waals surface area contributed by atoms with Crippen LogP contribution in [0.3, 0.4) is 0 Å². The average molecular weight is 392 g/mol. The summed E-state index contributed by atoms with van der Waals surface area (Å²) in [6, 6.07) is 19.2. The zero-order chi connectivity index (χ0) is 21.2. The number of esters is 1. The van der Waals surface area contributed by atoms with Crippen LogP contribution in [0.2, 0.25) is 0 Å². The summed E-state index contributed by atoms with van der Waals surface area (Å²) in [7, 11) is 0. The predicted molar refractivity (Wildman–Crippen MR) is 111 cm³/mol. The lowest BCUT2D eigenvalue weighted by atomic mass is 9.74. The number of rotatable bonds is 4. The van der Waals surface area contributed by atoms with Crippen LogP contribution >= 0.6 is 0 Å². The summed E-state index contributed by atoms with van der Waals surface area (Å²) in [6.07, 6.45) is 0. The summed E-state index contributed by atoms with van der Waals surface area (Å²) in [5.74, 6) is -1.54. The van der Waals surface area contributed by atoms with E-state index in [0.717, 1.165) is 16.7 Å². The number of carbonyl (C=O) groups excluding carboxylic acids is 1. The van der Waals surface area contributed by atoms with Gasteiger partial charge in [0.15, 0.2) is 0 Å². The molecule has 5 heteroatoms. The molecule has 0 bridgehead atoms. The summed E-state index contributed by atoms with van der Waals surface area (Å²) in [5, 5.41) is 23.8. The van der Waals surface area contributed by atoms with Crippen molar-refractivity contribution in [2.75, 3.05) is 6.61 Å². The summed E-state index contributed by atoms with van der Waals surface area (Å²) >= 11 is 0. The van der Waals surface area contributed by atoms with Crippen molar-refractivity contribution in [2.24, 2.45) is 5.92 Å². The van der Waals surface area contributed by atoms with Crippen molar-refractivity contribution in [3.63, 3.8) is 0 Å². The second kappa shape index (κ2) is 7.98. The van der Waals surface area contributed by atoms with Gasteiger partial charge in [-0.25, -0.2) is 4.79 Å². The van der Waals surface area contributed by atoms with Crippen molar-refractivity contribution in [3.05, 3.63) is 71.3 Å². The maximum Gasteiger partial charge on any atom is 0.342 e. The number of hydrogen-bond donors (Lipinski definition) is 2. The van der Waals surface area contributed by atoms with Crippen LogP contribution in [0.25, 0.3) is 0 Å². The molecular weight excluding hydrogens is 364 g/mol. The Morgan fingerprint density at radius 3 is 2.28 bits per heavy atom. The molecule has 2 aromatic rings. The number of nitriles is 1. The number of carbonyl (C=O) groups is 1. The third-order valence-corrected chi connectivity index (χ3v) is 5.41.